The Morgan fingerprint density at radius 1 is 1.28 bits per heavy atom. The van der Waals surface area contributed by atoms with Crippen molar-refractivity contribution < 1.29 is 9.53 Å². The molecule has 0 aliphatic heterocycles. The molecule has 1 heterocycles. The molecule has 0 spiro atoms. The first-order valence-corrected chi connectivity index (χ1v) is 6.54. The number of Topliss-reactive ketones (excluding diaryl/α,β-unsaturated/α-hetero) is 1. The molecule has 1 aromatic carbocycles. The molecule has 18 heavy (non-hydrogen) atoms. The van der Waals surface area contributed by atoms with Crippen LogP contribution in [-0.4, -0.2) is 10.8 Å². The highest BCUT2D eigenvalue weighted by atomic mass is 32.1. The topological polar surface area (TPSA) is 39.2 Å². The van der Waals surface area contributed by atoms with Gasteiger partial charge in [-0.15, -0.1) is 11.3 Å². The van der Waals surface area contributed by atoms with E-state index in [-0.39, 0.29) is 5.78 Å². The van der Waals surface area contributed by atoms with Crippen LogP contribution in [-0.2, 0) is 6.61 Å². The van der Waals surface area contributed by atoms with Crippen molar-refractivity contribution in [3.63, 3.8) is 0 Å². The van der Waals surface area contributed by atoms with E-state index in [1.54, 1.807) is 30.4 Å². The first-order valence-electron chi connectivity index (χ1n) is 5.73. The second-order valence-corrected chi connectivity index (χ2v) is 5.41. The van der Waals surface area contributed by atoms with Gasteiger partial charge in [0.05, 0.1) is 5.69 Å². The van der Waals surface area contributed by atoms with E-state index >= 15 is 0 Å². The molecule has 2 rings (SSSR count). The molecule has 2 aromatic rings. The van der Waals surface area contributed by atoms with Gasteiger partial charge in [-0.25, -0.2) is 4.98 Å². The van der Waals surface area contributed by atoms with Crippen molar-refractivity contribution in [2.75, 3.05) is 0 Å². The van der Waals surface area contributed by atoms with Crippen molar-refractivity contribution in [2.45, 2.75) is 27.4 Å². The molecule has 0 saturated carbocycles. The Labute approximate surface area is 110 Å². The number of hydrogen-bond donors (Lipinski definition) is 0. The summed E-state index contributed by atoms with van der Waals surface area (Å²) in [5, 5.41) is 0.973. The summed E-state index contributed by atoms with van der Waals surface area (Å²) in [6.07, 6.45) is 0. The van der Waals surface area contributed by atoms with Gasteiger partial charge in [-0.2, -0.15) is 0 Å². The van der Waals surface area contributed by atoms with Crippen LogP contribution in [0.4, 0.5) is 0 Å². The van der Waals surface area contributed by atoms with Crippen molar-refractivity contribution in [3.05, 3.63) is 45.4 Å². The number of carbonyl (C=O) groups excluding carboxylic acids is 1. The highest BCUT2D eigenvalue weighted by Crippen LogP contribution is 2.19. The van der Waals surface area contributed by atoms with Crippen LogP contribution in [0.3, 0.4) is 0 Å². The first-order chi connectivity index (χ1) is 8.56. The van der Waals surface area contributed by atoms with Crippen LogP contribution in [0.5, 0.6) is 5.75 Å². The Kier molecular flexibility index (Phi) is 3.77. The number of ketones is 1. The molecule has 0 N–H and O–H groups in total. The van der Waals surface area contributed by atoms with Gasteiger partial charge in [0.1, 0.15) is 17.4 Å². The van der Waals surface area contributed by atoms with Crippen LogP contribution in [0.2, 0.25) is 0 Å². The molecular formula is C14H15NO2S. The predicted molar refractivity (Wildman–Crippen MR) is 72.4 cm³/mol. The van der Waals surface area contributed by atoms with E-state index in [4.69, 9.17) is 4.74 Å². The van der Waals surface area contributed by atoms with Crippen LogP contribution in [0.15, 0.2) is 24.3 Å². The maximum Gasteiger partial charge on any atom is 0.159 e. The van der Waals surface area contributed by atoms with Gasteiger partial charge in [0.15, 0.2) is 5.78 Å². The second-order valence-electron chi connectivity index (χ2n) is 4.12. The Bertz CT molecular complexity index is 538. The predicted octanol–water partition coefficient (Wildman–Crippen LogP) is 3.54. The summed E-state index contributed by atoms with van der Waals surface area (Å²) in [5.41, 5.74) is 1.76. The van der Waals surface area contributed by atoms with E-state index in [9.17, 15) is 4.79 Å². The molecule has 3 nitrogen and oxygen atoms in total. The summed E-state index contributed by atoms with van der Waals surface area (Å²) in [7, 11) is 0. The summed E-state index contributed by atoms with van der Waals surface area (Å²) in [6, 6.07) is 7.17. The molecule has 0 radical (unpaired) electrons. The van der Waals surface area contributed by atoms with Gasteiger partial charge in [-0.3, -0.25) is 4.79 Å². The molecule has 0 unspecified atom stereocenters. The fourth-order valence-electron chi connectivity index (χ4n) is 1.53. The van der Waals surface area contributed by atoms with Gasteiger partial charge in [-0.1, -0.05) is 0 Å². The maximum atomic E-state index is 11.1. The lowest BCUT2D eigenvalue weighted by Gasteiger charge is -2.04. The molecule has 0 bridgehead atoms. The molecular weight excluding hydrogens is 246 g/mol. The Morgan fingerprint density at radius 2 is 1.94 bits per heavy atom. The third kappa shape index (κ3) is 2.96. The van der Waals surface area contributed by atoms with E-state index in [2.05, 4.69) is 11.9 Å². The largest absolute Gasteiger partial charge is 0.486 e. The summed E-state index contributed by atoms with van der Waals surface area (Å²) in [4.78, 5) is 16.8. The number of benzene rings is 1. The number of thiazole rings is 1. The highest BCUT2D eigenvalue weighted by molar-refractivity contribution is 7.11. The monoisotopic (exact) mass is 261 g/mol. The van der Waals surface area contributed by atoms with Gasteiger partial charge < -0.3 is 4.74 Å². The molecule has 0 saturated heterocycles. The van der Waals surface area contributed by atoms with E-state index in [0.29, 0.717) is 12.2 Å². The standard InChI is InChI=1S/C14H15NO2S/c1-9-11(3)18-14(15-9)8-17-13-6-4-12(5-7-13)10(2)16/h4-7H,8H2,1-3H3. The maximum absolute atomic E-state index is 11.1. The molecule has 0 aliphatic carbocycles. The Hall–Kier alpha value is -1.68. The number of aryl methyl sites for hydroxylation is 2. The second kappa shape index (κ2) is 5.31. The molecule has 0 fully saturated rings. The number of ether oxygens (including phenoxy) is 1. The van der Waals surface area contributed by atoms with Gasteiger partial charge in [0.2, 0.25) is 0 Å². The third-order valence-electron chi connectivity index (χ3n) is 2.70. The van der Waals surface area contributed by atoms with E-state index in [0.717, 1.165) is 16.5 Å². The normalized spacial score (nSPS) is 10.4. The molecule has 0 aliphatic rings. The first kappa shape index (κ1) is 12.8. The van der Waals surface area contributed by atoms with Crippen molar-refractivity contribution in [3.8, 4) is 5.75 Å². The number of carbonyl (C=O) groups is 1. The van der Waals surface area contributed by atoms with Gasteiger partial charge in [0, 0.05) is 10.4 Å². The highest BCUT2D eigenvalue weighted by Gasteiger charge is 2.05. The lowest BCUT2D eigenvalue weighted by molar-refractivity contribution is 0.101. The summed E-state index contributed by atoms with van der Waals surface area (Å²) in [5.74, 6) is 0.818. The van der Waals surface area contributed by atoms with Gasteiger partial charge in [-0.05, 0) is 45.0 Å². The van der Waals surface area contributed by atoms with Crippen LogP contribution < -0.4 is 4.74 Å². The third-order valence-corrected chi connectivity index (χ3v) is 3.74. The fourth-order valence-corrected chi connectivity index (χ4v) is 2.38. The van der Waals surface area contributed by atoms with E-state index in [1.807, 2.05) is 19.1 Å². The number of rotatable bonds is 4. The molecule has 1 aromatic heterocycles. The minimum atomic E-state index is 0.0627. The van der Waals surface area contributed by atoms with Crippen molar-refractivity contribution in [1.29, 1.82) is 0 Å². The fraction of sp³-hybridized carbons (Fsp3) is 0.286. The summed E-state index contributed by atoms with van der Waals surface area (Å²) >= 11 is 1.65. The average molecular weight is 261 g/mol. The Balaban J connectivity index is 2.00. The molecule has 94 valence electrons. The number of aromatic nitrogens is 1. The molecule has 0 amide bonds. The van der Waals surface area contributed by atoms with Gasteiger partial charge in [0.25, 0.3) is 0 Å². The lowest BCUT2D eigenvalue weighted by Crippen LogP contribution is -1.96. The van der Waals surface area contributed by atoms with Crippen LogP contribution in [0.1, 0.15) is 32.9 Å². The van der Waals surface area contributed by atoms with Crippen LogP contribution in [0, 0.1) is 13.8 Å². The average Bonchev–Trinajstić information content (AvgIpc) is 2.67. The van der Waals surface area contributed by atoms with E-state index in [1.165, 1.54) is 4.88 Å². The van der Waals surface area contributed by atoms with Crippen LogP contribution >= 0.6 is 11.3 Å². The smallest absolute Gasteiger partial charge is 0.159 e. The Morgan fingerprint density at radius 3 is 2.44 bits per heavy atom. The molecule has 0 atom stereocenters. The van der Waals surface area contributed by atoms with Crippen molar-refractivity contribution in [2.24, 2.45) is 0 Å². The van der Waals surface area contributed by atoms with Gasteiger partial charge >= 0.3 is 0 Å². The zero-order valence-electron chi connectivity index (χ0n) is 10.7. The zero-order chi connectivity index (χ0) is 13.1. The molecule has 4 heteroatoms. The number of nitrogens with zero attached hydrogens (tertiary/aromatic N) is 1. The summed E-state index contributed by atoms with van der Waals surface area (Å²) in [6.45, 7) is 6.07. The zero-order valence-corrected chi connectivity index (χ0v) is 11.5. The minimum Gasteiger partial charge on any atom is -0.486 e. The van der Waals surface area contributed by atoms with E-state index < -0.39 is 0 Å². The lowest BCUT2D eigenvalue weighted by atomic mass is 10.1. The van der Waals surface area contributed by atoms with Crippen LogP contribution in [0.25, 0.3) is 0 Å². The summed E-state index contributed by atoms with van der Waals surface area (Å²) < 4.78 is 5.63. The number of hydrogen-bond acceptors (Lipinski definition) is 4. The minimum absolute atomic E-state index is 0.0627. The quantitative estimate of drug-likeness (QED) is 0.790. The van der Waals surface area contributed by atoms with Crippen molar-refractivity contribution in [1.82, 2.24) is 4.98 Å². The SMILES string of the molecule is CC(=O)c1ccc(OCc2nc(C)c(C)s2)cc1. The van der Waals surface area contributed by atoms with Crippen molar-refractivity contribution >= 4 is 17.1 Å².